The Balaban J connectivity index is 1.52. The number of fused-ring (bicyclic) bond motifs is 1. The molecule has 0 fully saturated rings. The highest BCUT2D eigenvalue weighted by Gasteiger charge is 2.41. The van der Waals surface area contributed by atoms with Crippen LogP contribution in [0.1, 0.15) is 11.1 Å². The Morgan fingerprint density at radius 2 is 1.29 bits per heavy atom. The molecule has 0 spiro atoms. The number of aliphatic hydroxyl groups is 1. The van der Waals surface area contributed by atoms with E-state index in [4.69, 9.17) is 4.74 Å². The topological polar surface area (TPSA) is 75.6 Å². The van der Waals surface area contributed by atoms with Crippen molar-refractivity contribution in [2.24, 2.45) is 0 Å². The summed E-state index contributed by atoms with van der Waals surface area (Å²) in [5, 5.41) is 16.0. The average molecular weight is 411 g/mol. The molecule has 0 radical (unpaired) electrons. The van der Waals surface area contributed by atoms with Crippen molar-refractivity contribution < 1.29 is 19.4 Å². The number of amides is 1. The summed E-state index contributed by atoms with van der Waals surface area (Å²) in [6, 6.07) is 30.3. The second kappa shape index (κ2) is 8.81. The van der Waals surface area contributed by atoms with Gasteiger partial charge in [0.25, 0.3) is 5.91 Å². The number of benzene rings is 4. The Bertz CT molecular complexity index is 1160. The zero-order valence-electron chi connectivity index (χ0n) is 16.7. The van der Waals surface area contributed by atoms with E-state index in [0.717, 1.165) is 10.8 Å². The summed E-state index contributed by atoms with van der Waals surface area (Å²) >= 11 is 0. The SMILES string of the molecule is O=C(COC(=O)C(O)(c1ccccc1)c1ccccc1)Nc1cccc2ccccc12. The zero-order chi connectivity index (χ0) is 21.7. The maximum atomic E-state index is 13.0. The van der Waals surface area contributed by atoms with Crippen LogP contribution in [0.3, 0.4) is 0 Å². The van der Waals surface area contributed by atoms with Crippen molar-refractivity contribution in [2.45, 2.75) is 5.60 Å². The number of nitrogens with one attached hydrogen (secondary N) is 1. The van der Waals surface area contributed by atoms with E-state index >= 15 is 0 Å². The minimum absolute atomic E-state index is 0.362. The molecule has 0 unspecified atom stereocenters. The molecular formula is C26H21NO4. The lowest BCUT2D eigenvalue weighted by atomic mass is 9.86. The number of ether oxygens (including phenoxy) is 1. The third-order valence-corrected chi connectivity index (χ3v) is 5.08. The summed E-state index contributed by atoms with van der Waals surface area (Å²) in [6.07, 6.45) is 0. The van der Waals surface area contributed by atoms with Crippen molar-refractivity contribution in [3.8, 4) is 0 Å². The quantitative estimate of drug-likeness (QED) is 0.465. The molecule has 0 aromatic heterocycles. The third-order valence-electron chi connectivity index (χ3n) is 5.08. The molecule has 0 aliphatic heterocycles. The second-order valence-corrected chi connectivity index (χ2v) is 7.09. The minimum Gasteiger partial charge on any atom is -0.453 e. The third kappa shape index (κ3) is 4.17. The van der Waals surface area contributed by atoms with Crippen LogP contribution in [-0.2, 0) is 19.9 Å². The molecule has 154 valence electrons. The largest absolute Gasteiger partial charge is 0.453 e. The van der Waals surface area contributed by atoms with Crippen LogP contribution >= 0.6 is 0 Å². The van der Waals surface area contributed by atoms with Gasteiger partial charge in [0.05, 0.1) is 0 Å². The summed E-state index contributed by atoms with van der Waals surface area (Å²) < 4.78 is 5.26. The number of carbonyl (C=O) groups excluding carboxylic acids is 2. The Kier molecular flexibility index (Phi) is 5.78. The van der Waals surface area contributed by atoms with Gasteiger partial charge in [-0.1, -0.05) is 97.1 Å². The standard InChI is InChI=1S/C26H21NO4/c28-24(27-23-17-9-11-19-10-7-8-16-22(19)23)18-31-25(29)26(30,20-12-3-1-4-13-20)21-14-5-2-6-15-21/h1-17,30H,18H2,(H,27,28). The predicted molar refractivity (Wildman–Crippen MR) is 119 cm³/mol. The van der Waals surface area contributed by atoms with Crippen LogP contribution in [0.15, 0.2) is 103 Å². The fourth-order valence-corrected chi connectivity index (χ4v) is 3.52. The molecule has 1 amide bonds. The molecule has 5 heteroatoms. The average Bonchev–Trinajstić information content (AvgIpc) is 2.83. The maximum Gasteiger partial charge on any atom is 0.348 e. The molecule has 0 aliphatic rings. The Morgan fingerprint density at radius 3 is 1.94 bits per heavy atom. The van der Waals surface area contributed by atoms with Crippen molar-refractivity contribution in [3.05, 3.63) is 114 Å². The van der Waals surface area contributed by atoms with Gasteiger partial charge in [-0.05, 0) is 22.6 Å². The summed E-state index contributed by atoms with van der Waals surface area (Å²) in [5.41, 5.74) is -0.677. The van der Waals surface area contributed by atoms with E-state index in [-0.39, 0.29) is 0 Å². The number of hydrogen-bond acceptors (Lipinski definition) is 4. The summed E-state index contributed by atoms with van der Waals surface area (Å²) in [6.45, 7) is -0.524. The van der Waals surface area contributed by atoms with E-state index in [1.54, 1.807) is 66.7 Å². The highest BCUT2D eigenvalue weighted by molar-refractivity contribution is 6.03. The smallest absolute Gasteiger partial charge is 0.348 e. The van der Waals surface area contributed by atoms with Crippen LogP contribution in [0.25, 0.3) is 10.8 Å². The molecular weight excluding hydrogens is 390 g/mol. The van der Waals surface area contributed by atoms with Gasteiger partial charge in [0.1, 0.15) is 0 Å². The van der Waals surface area contributed by atoms with E-state index in [0.29, 0.717) is 16.8 Å². The van der Waals surface area contributed by atoms with E-state index in [2.05, 4.69) is 5.32 Å². The van der Waals surface area contributed by atoms with Crippen molar-refractivity contribution in [1.82, 2.24) is 0 Å². The molecule has 4 aromatic carbocycles. The molecule has 4 rings (SSSR count). The number of carbonyl (C=O) groups is 2. The van der Waals surface area contributed by atoms with Crippen molar-refractivity contribution in [2.75, 3.05) is 11.9 Å². The van der Waals surface area contributed by atoms with Crippen molar-refractivity contribution in [3.63, 3.8) is 0 Å². The maximum absolute atomic E-state index is 13.0. The van der Waals surface area contributed by atoms with Crippen LogP contribution in [-0.4, -0.2) is 23.6 Å². The summed E-state index contributed by atoms with van der Waals surface area (Å²) in [4.78, 5) is 25.5. The van der Waals surface area contributed by atoms with E-state index in [1.807, 2.05) is 36.4 Å². The fraction of sp³-hybridized carbons (Fsp3) is 0.0769. The monoisotopic (exact) mass is 411 g/mol. The molecule has 0 saturated heterocycles. The first kappa shape index (κ1) is 20.3. The van der Waals surface area contributed by atoms with Crippen molar-refractivity contribution >= 4 is 28.3 Å². The number of anilines is 1. The van der Waals surface area contributed by atoms with Gasteiger partial charge in [-0.15, -0.1) is 0 Å². The zero-order valence-corrected chi connectivity index (χ0v) is 16.7. The molecule has 31 heavy (non-hydrogen) atoms. The second-order valence-electron chi connectivity index (χ2n) is 7.09. The van der Waals surface area contributed by atoms with Gasteiger partial charge >= 0.3 is 5.97 Å². The van der Waals surface area contributed by atoms with Crippen LogP contribution in [0.4, 0.5) is 5.69 Å². The van der Waals surface area contributed by atoms with Crippen LogP contribution in [0, 0.1) is 0 Å². The lowest BCUT2D eigenvalue weighted by Crippen LogP contribution is -2.39. The van der Waals surface area contributed by atoms with Crippen LogP contribution in [0.2, 0.25) is 0 Å². The van der Waals surface area contributed by atoms with Crippen LogP contribution < -0.4 is 5.32 Å². The molecule has 5 nitrogen and oxygen atoms in total. The summed E-state index contributed by atoms with van der Waals surface area (Å²) in [7, 11) is 0. The van der Waals surface area contributed by atoms with E-state index in [9.17, 15) is 14.7 Å². The molecule has 0 aliphatic carbocycles. The Labute approximate surface area is 179 Å². The summed E-state index contributed by atoms with van der Waals surface area (Å²) in [5.74, 6) is -1.41. The fourth-order valence-electron chi connectivity index (χ4n) is 3.52. The lowest BCUT2D eigenvalue weighted by Gasteiger charge is -2.27. The van der Waals surface area contributed by atoms with Gasteiger partial charge in [0.2, 0.25) is 5.60 Å². The molecule has 2 N–H and O–H groups in total. The van der Waals surface area contributed by atoms with Gasteiger partial charge in [0.15, 0.2) is 6.61 Å². The van der Waals surface area contributed by atoms with Crippen molar-refractivity contribution in [1.29, 1.82) is 0 Å². The normalized spacial score (nSPS) is 11.1. The lowest BCUT2D eigenvalue weighted by molar-refractivity contribution is -0.163. The number of hydrogen-bond donors (Lipinski definition) is 2. The van der Waals surface area contributed by atoms with Crippen LogP contribution in [0.5, 0.6) is 0 Å². The highest BCUT2D eigenvalue weighted by atomic mass is 16.6. The van der Waals surface area contributed by atoms with Gasteiger partial charge in [0, 0.05) is 11.1 Å². The minimum atomic E-state index is -2.03. The first-order valence-corrected chi connectivity index (χ1v) is 9.87. The molecule has 0 saturated carbocycles. The Morgan fingerprint density at radius 1 is 0.742 bits per heavy atom. The van der Waals surface area contributed by atoms with Gasteiger partial charge in [-0.3, -0.25) is 4.79 Å². The number of esters is 1. The molecule has 0 bridgehead atoms. The highest BCUT2D eigenvalue weighted by Crippen LogP contribution is 2.31. The number of rotatable bonds is 6. The van der Waals surface area contributed by atoms with Gasteiger partial charge in [-0.2, -0.15) is 0 Å². The molecule has 4 aromatic rings. The first-order chi connectivity index (χ1) is 15.1. The van der Waals surface area contributed by atoms with E-state index in [1.165, 1.54) is 0 Å². The predicted octanol–water partition coefficient (Wildman–Crippen LogP) is 4.26. The van der Waals surface area contributed by atoms with E-state index < -0.39 is 24.1 Å². The first-order valence-electron chi connectivity index (χ1n) is 9.87. The molecule has 0 heterocycles. The van der Waals surface area contributed by atoms with Gasteiger partial charge in [-0.25, -0.2) is 4.79 Å². The molecule has 0 atom stereocenters. The van der Waals surface area contributed by atoms with Gasteiger partial charge < -0.3 is 15.2 Å². The Hall–Kier alpha value is -3.96.